The molecule has 0 unspecified atom stereocenters. The van der Waals surface area contributed by atoms with Gasteiger partial charge >= 0.3 is 0 Å². The van der Waals surface area contributed by atoms with Crippen molar-refractivity contribution < 1.29 is 4.79 Å². The molecule has 0 bridgehead atoms. The van der Waals surface area contributed by atoms with E-state index in [1.54, 1.807) is 0 Å². The number of fused-ring (bicyclic) bond motifs is 1. The van der Waals surface area contributed by atoms with Gasteiger partial charge in [-0.3, -0.25) is 4.79 Å². The number of hydrogen-bond donors (Lipinski definition) is 2. The minimum Gasteiger partial charge on any atom is -0.326 e. The summed E-state index contributed by atoms with van der Waals surface area (Å²) in [5.41, 5.74) is 9.04. The number of nitrogens with two attached hydrogens (primary N) is 1. The van der Waals surface area contributed by atoms with Crippen molar-refractivity contribution in [1.82, 2.24) is 0 Å². The highest BCUT2D eigenvalue weighted by Crippen LogP contribution is 2.25. The molecule has 3 nitrogen and oxygen atoms in total. The molecule has 0 saturated heterocycles. The quantitative estimate of drug-likeness (QED) is 0.706. The van der Waals surface area contributed by atoms with Crippen molar-refractivity contribution in [1.29, 1.82) is 0 Å². The third kappa shape index (κ3) is 1.63. The van der Waals surface area contributed by atoms with Gasteiger partial charge in [-0.1, -0.05) is 12.1 Å². The molecule has 1 aliphatic rings. The zero-order valence-electron chi connectivity index (χ0n) is 8.21. The van der Waals surface area contributed by atoms with E-state index in [-0.39, 0.29) is 11.9 Å². The highest BCUT2D eigenvalue weighted by atomic mass is 16.1. The fourth-order valence-corrected chi connectivity index (χ4v) is 1.69. The fourth-order valence-electron chi connectivity index (χ4n) is 1.69. The van der Waals surface area contributed by atoms with Gasteiger partial charge in [0.1, 0.15) is 0 Å². The van der Waals surface area contributed by atoms with Crippen LogP contribution in [0.25, 0.3) is 0 Å². The molecule has 1 aromatic carbocycles. The number of rotatable bonds is 1. The summed E-state index contributed by atoms with van der Waals surface area (Å²) < 4.78 is 0. The number of anilines is 1. The molecule has 1 atom stereocenters. The zero-order chi connectivity index (χ0) is 10.1. The van der Waals surface area contributed by atoms with Gasteiger partial charge in [0.2, 0.25) is 5.91 Å². The molecular formula is C11H14N2O. The first kappa shape index (κ1) is 9.21. The van der Waals surface area contributed by atoms with E-state index in [9.17, 15) is 4.79 Å². The average molecular weight is 190 g/mol. The second-order valence-electron chi connectivity index (χ2n) is 3.75. The second-order valence-corrected chi connectivity index (χ2v) is 3.75. The summed E-state index contributed by atoms with van der Waals surface area (Å²) >= 11 is 0. The molecule has 74 valence electrons. The molecule has 0 fully saturated rings. The Kier molecular flexibility index (Phi) is 2.25. The topological polar surface area (TPSA) is 55.1 Å². The lowest BCUT2D eigenvalue weighted by atomic mass is 9.98. The summed E-state index contributed by atoms with van der Waals surface area (Å²) in [6.07, 6.45) is 1.40. The molecule has 1 aromatic rings. The van der Waals surface area contributed by atoms with Gasteiger partial charge in [0.25, 0.3) is 0 Å². The Morgan fingerprint density at radius 1 is 1.43 bits per heavy atom. The average Bonchev–Trinajstić information content (AvgIpc) is 2.16. The largest absolute Gasteiger partial charge is 0.326 e. The van der Waals surface area contributed by atoms with Crippen LogP contribution in [0, 0.1) is 0 Å². The number of aryl methyl sites for hydroxylation is 1. The Balaban J connectivity index is 2.36. The van der Waals surface area contributed by atoms with Gasteiger partial charge in [0, 0.05) is 18.2 Å². The lowest BCUT2D eigenvalue weighted by Gasteiger charge is -2.18. The Morgan fingerprint density at radius 3 is 2.93 bits per heavy atom. The van der Waals surface area contributed by atoms with Crippen molar-refractivity contribution in [3.63, 3.8) is 0 Å². The van der Waals surface area contributed by atoms with Crippen LogP contribution in [0.1, 0.15) is 30.5 Å². The van der Waals surface area contributed by atoms with Crippen molar-refractivity contribution in [2.45, 2.75) is 25.8 Å². The monoisotopic (exact) mass is 190 g/mol. The van der Waals surface area contributed by atoms with E-state index in [2.05, 4.69) is 11.4 Å². The van der Waals surface area contributed by atoms with Gasteiger partial charge < -0.3 is 11.1 Å². The molecular weight excluding hydrogens is 176 g/mol. The number of benzene rings is 1. The number of amides is 1. The van der Waals surface area contributed by atoms with Crippen molar-refractivity contribution in [2.24, 2.45) is 5.73 Å². The van der Waals surface area contributed by atoms with E-state index in [4.69, 9.17) is 5.73 Å². The molecule has 0 spiro atoms. The summed E-state index contributed by atoms with van der Waals surface area (Å²) in [6.45, 7) is 1.96. The fraction of sp³-hybridized carbons (Fsp3) is 0.364. The number of carbonyl (C=O) groups excluding carboxylic acids is 1. The molecule has 1 amide bonds. The van der Waals surface area contributed by atoms with Crippen LogP contribution in [-0.2, 0) is 11.2 Å². The standard InChI is InChI=1S/C11H14N2O/c1-7(12)8-2-4-10-9(6-8)3-5-11(14)13-10/h2,4,6-7H,3,5,12H2,1H3,(H,13,14)/t7-/m1/s1. The summed E-state index contributed by atoms with van der Waals surface area (Å²) in [6, 6.07) is 6.04. The zero-order valence-corrected chi connectivity index (χ0v) is 8.21. The molecule has 1 heterocycles. The van der Waals surface area contributed by atoms with Gasteiger partial charge in [-0.2, -0.15) is 0 Å². The van der Waals surface area contributed by atoms with Gasteiger partial charge in [0.05, 0.1) is 0 Å². The van der Waals surface area contributed by atoms with E-state index >= 15 is 0 Å². The van der Waals surface area contributed by atoms with E-state index in [0.29, 0.717) is 6.42 Å². The minimum absolute atomic E-state index is 0.0536. The van der Waals surface area contributed by atoms with Crippen LogP contribution in [0.5, 0.6) is 0 Å². The second kappa shape index (κ2) is 3.42. The van der Waals surface area contributed by atoms with Crippen LogP contribution in [0.15, 0.2) is 18.2 Å². The number of nitrogens with one attached hydrogen (secondary N) is 1. The molecule has 3 heteroatoms. The van der Waals surface area contributed by atoms with Crippen LogP contribution in [0.4, 0.5) is 5.69 Å². The molecule has 0 aliphatic carbocycles. The van der Waals surface area contributed by atoms with Crippen molar-refractivity contribution in [3.8, 4) is 0 Å². The summed E-state index contributed by atoms with van der Waals surface area (Å²) in [5, 5.41) is 2.85. The van der Waals surface area contributed by atoms with E-state index < -0.39 is 0 Å². The number of hydrogen-bond acceptors (Lipinski definition) is 2. The summed E-state index contributed by atoms with van der Waals surface area (Å²) in [5.74, 6) is 0.103. The van der Waals surface area contributed by atoms with Crippen LogP contribution in [0.2, 0.25) is 0 Å². The Hall–Kier alpha value is -1.35. The maximum absolute atomic E-state index is 11.1. The molecule has 0 radical (unpaired) electrons. The summed E-state index contributed by atoms with van der Waals surface area (Å²) in [4.78, 5) is 11.1. The minimum atomic E-state index is 0.0536. The molecule has 0 saturated carbocycles. The molecule has 1 aliphatic heterocycles. The lowest BCUT2D eigenvalue weighted by Crippen LogP contribution is -2.19. The molecule has 3 N–H and O–H groups in total. The van der Waals surface area contributed by atoms with Gasteiger partial charge in [-0.25, -0.2) is 0 Å². The third-order valence-electron chi connectivity index (χ3n) is 2.55. The van der Waals surface area contributed by atoms with Crippen molar-refractivity contribution in [3.05, 3.63) is 29.3 Å². The third-order valence-corrected chi connectivity index (χ3v) is 2.55. The van der Waals surface area contributed by atoms with Crippen LogP contribution < -0.4 is 11.1 Å². The lowest BCUT2D eigenvalue weighted by molar-refractivity contribution is -0.116. The predicted octanol–water partition coefficient (Wildman–Crippen LogP) is 1.59. The maximum atomic E-state index is 11.1. The van der Waals surface area contributed by atoms with E-state index in [0.717, 1.165) is 17.7 Å². The van der Waals surface area contributed by atoms with Crippen LogP contribution >= 0.6 is 0 Å². The Labute approximate surface area is 83.3 Å². The first-order chi connectivity index (χ1) is 6.66. The summed E-state index contributed by atoms with van der Waals surface area (Å²) in [7, 11) is 0. The van der Waals surface area contributed by atoms with Gasteiger partial charge in [0.15, 0.2) is 0 Å². The highest BCUT2D eigenvalue weighted by Gasteiger charge is 2.15. The van der Waals surface area contributed by atoms with Gasteiger partial charge in [-0.15, -0.1) is 0 Å². The Bertz CT molecular complexity index is 372. The Morgan fingerprint density at radius 2 is 2.21 bits per heavy atom. The first-order valence-corrected chi connectivity index (χ1v) is 4.85. The highest BCUT2D eigenvalue weighted by molar-refractivity contribution is 5.93. The molecule has 0 aromatic heterocycles. The molecule has 2 rings (SSSR count). The van der Waals surface area contributed by atoms with Crippen molar-refractivity contribution in [2.75, 3.05) is 5.32 Å². The van der Waals surface area contributed by atoms with E-state index in [1.165, 1.54) is 5.56 Å². The molecule has 14 heavy (non-hydrogen) atoms. The van der Waals surface area contributed by atoms with Crippen LogP contribution in [-0.4, -0.2) is 5.91 Å². The first-order valence-electron chi connectivity index (χ1n) is 4.85. The smallest absolute Gasteiger partial charge is 0.224 e. The van der Waals surface area contributed by atoms with E-state index in [1.807, 2.05) is 19.1 Å². The SMILES string of the molecule is C[C@@H](N)c1ccc2c(c1)CCC(=O)N2. The normalized spacial score (nSPS) is 17.1. The maximum Gasteiger partial charge on any atom is 0.224 e. The van der Waals surface area contributed by atoms with Crippen molar-refractivity contribution >= 4 is 11.6 Å². The van der Waals surface area contributed by atoms with Gasteiger partial charge in [-0.05, 0) is 30.5 Å². The predicted molar refractivity (Wildman–Crippen MR) is 56.0 cm³/mol. The number of carbonyl (C=O) groups is 1. The van der Waals surface area contributed by atoms with Crippen LogP contribution in [0.3, 0.4) is 0 Å².